The molecule has 0 saturated heterocycles. The first kappa shape index (κ1) is 19.4. The van der Waals surface area contributed by atoms with Crippen LogP contribution in [0, 0.1) is 0 Å². The topological polar surface area (TPSA) is 104 Å². The van der Waals surface area contributed by atoms with Crippen molar-refractivity contribution in [3.05, 3.63) is 72.1 Å². The summed E-state index contributed by atoms with van der Waals surface area (Å²) in [5.41, 5.74) is 2.79. The predicted octanol–water partition coefficient (Wildman–Crippen LogP) is 3.33. The van der Waals surface area contributed by atoms with E-state index in [1.54, 1.807) is 31.3 Å². The number of phenolic OH excluding ortho intramolecular Hbond substituents is 1. The quantitative estimate of drug-likeness (QED) is 0.429. The van der Waals surface area contributed by atoms with Crippen molar-refractivity contribution in [1.82, 2.24) is 15.3 Å². The van der Waals surface area contributed by atoms with Crippen molar-refractivity contribution >= 4 is 33.7 Å². The molecule has 0 fully saturated rings. The van der Waals surface area contributed by atoms with Crippen molar-refractivity contribution in [2.24, 2.45) is 0 Å². The number of fused-ring (bicyclic) bond motifs is 3. The fourth-order valence-electron chi connectivity index (χ4n) is 3.41. The number of amides is 1. The van der Waals surface area contributed by atoms with Crippen LogP contribution < -0.4 is 5.32 Å². The van der Waals surface area contributed by atoms with Crippen LogP contribution >= 0.6 is 0 Å². The average Bonchev–Trinajstić information content (AvgIpc) is 3.13. The molecular formula is C23H21N3O4. The Morgan fingerprint density at radius 3 is 2.63 bits per heavy atom. The zero-order valence-corrected chi connectivity index (χ0v) is 16.4. The Kier molecular flexibility index (Phi) is 5.34. The number of nitrogens with zero attached hydrogens (tertiary/aromatic N) is 1. The summed E-state index contributed by atoms with van der Waals surface area (Å²) in [4.78, 5) is 32.8. The van der Waals surface area contributed by atoms with Crippen molar-refractivity contribution in [2.75, 3.05) is 6.61 Å². The molecule has 7 nitrogen and oxygen atoms in total. The number of aromatic hydroxyl groups is 1. The van der Waals surface area contributed by atoms with Crippen LogP contribution in [-0.2, 0) is 16.0 Å². The molecule has 0 aliphatic heterocycles. The SMILES string of the molecule is CCOC(=O)C(Cc1ccc(O)cc1)NC(=O)c1cc2c(cn1)[nH]c1ccccc12. The number of esters is 1. The third-order valence-electron chi connectivity index (χ3n) is 4.88. The molecule has 7 heteroatoms. The maximum atomic E-state index is 12.9. The lowest BCUT2D eigenvalue weighted by atomic mass is 10.1. The van der Waals surface area contributed by atoms with Crippen LogP contribution in [0.4, 0.5) is 0 Å². The van der Waals surface area contributed by atoms with Crippen molar-refractivity contribution in [1.29, 1.82) is 0 Å². The predicted molar refractivity (Wildman–Crippen MR) is 113 cm³/mol. The summed E-state index contributed by atoms with van der Waals surface area (Å²) in [7, 11) is 0. The number of para-hydroxylation sites is 1. The molecule has 1 atom stereocenters. The first-order valence-corrected chi connectivity index (χ1v) is 9.67. The van der Waals surface area contributed by atoms with Crippen LogP contribution in [-0.4, -0.2) is 39.6 Å². The Hall–Kier alpha value is -3.87. The van der Waals surface area contributed by atoms with E-state index in [9.17, 15) is 14.7 Å². The van der Waals surface area contributed by atoms with Gasteiger partial charge in [-0.25, -0.2) is 9.78 Å². The molecule has 2 heterocycles. The molecule has 1 unspecified atom stereocenters. The Morgan fingerprint density at radius 1 is 1.10 bits per heavy atom. The first-order valence-electron chi connectivity index (χ1n) is 9.67. The highest BCUT2D eigenvalue weighted by Crippen LogP contribution is 2.25. The number of rotatable bonds is 6. The fraction of sp³-hybridized carbons (Fsp3) is 0.174. The number of carbonyl (C=O) groups is 2. The van der Waals surface area contributed by atoms with Crippen LogP contribution in [0.1, 0.15) is 23.0 Å². The number of ether oxygens (including phenoxy) is 1. The van der Waals surface area contributed by atoms with Gasteiger partial charge in [0.05, 0.1) is 18.3 Å². The molecule has 30 heavy (non-hydrogen) atoms. The number of phenols is 1. The minimum Gasteiger partial charge on any atom is -0.508 e. The van der Waals surface area contributed by atoms with Crippen molar-refractivity contribution in [2.45, 2.75) is 19.4 Å². The number of pyridine rings is 1. The Morgan fingerprint density at radius 2 is 1.87 bits per heavy atom. The highest BCUT2D eigenvalue weighted by atomic mass is 16.5. The summed E-state index contributed by atoms with van der Waals surface area (Å²) in [6.07, 6.45) is 1.85. The Balaban J connectivity index is 1.60. The standard InChI is InChI=1S/C23H21N3O4/c1-2-30-23(29)20(11-14-7-9-15(27)10-8-14)26-22(28)19-12-17-16-5-3-4-6-18(16)25-21(17)13-24-19/h3-10,12-13,20,25,27H,2,11H2,1H3,(H,26,28). The summed E-state index contributed by atoms with van der Waals surface area (Å²) in [5.74, 6) is -0.849. The number of carbonyl (C=O) groups excluding carboxylic acids is 2. The average molecular weight is 403 g/mol. The van der Waals surface area contributed by atoms with Gasteiger partial charge in [0.15, 0.2) is 0 Å². The molecule has 0 spiro atoms. The highest BCUT2D eigenvalue weighted by molar-refractivity contribution is 6.09. The van der Waals surface area contributed by atoms with Crippen LogP contribution in [0.2, 0.25) is 0 Å². The maximum absolute atomic E-state index is 12.9. The minimum absolute atomic E-state index is 0.131. The van der Waals surface area contributed by atoms with E-state index in [0.29, 0.717) is 0 Å². The van der Waals surface area contributed by atoms with Crippen LogP contribution in [0.3, 0.4) is 0 Å². The number of hydrogen-bond donors (Lipinski definition) is 3. The number of nitrogens with one attached hydrogen (secondary N) is 2. The zero-order chi connectivity index (χ0) is 21.1. The Bertz CT molecular complexity index is 1210. The normalized spacial score (nSPS) is 12.0. The van der Waals surface area contributed by atoms with Gasteiger partial charge in [0, 0.05) is 22.7 Å². The number of benzene rings is 2. The van der Waals surface area contributed by atoms with E-state index in [0.717, 1.165) is 27.4 Å². The maximum Gasteiger partial charge on any atom is 0.328 e. The second-order valence-corrected chi connectivity index (χ2v) is 6.93. The van der Waals surface area contributed by atoms with E-state index in [1.165, 1.54) is 12.1 Å². The lowest BCUT2D eigenvalue weighted by molar-refractivity contribution is -0.145. The summed E-state index contributed by atoms with van der Waals surface area (Å²) < 4.78 is 5.12. The highest BCUT2D eigenvalue weighted by Gasteiger charge is 2.24. The van der Waals surface area contributed by atoms with Gasteiger partial charge in [-0.05, 0) is 36.8 Å². The van der Waals surface area contributed by atoms with Crippen molar-refractivity contribution in [3.8, 4) is 5.75 Å². The molecule has 3 N–H and O–H groups in total. The summed E-state index contributed by atoms with van der Waals surface area (Å²) in [6.45, 7) is 1.92. The zero-order valence-electron chi connectivity index (χ0n) is 16.4. The molecule has 2 aromatic heterocycles. The van der Waals surface area contributed by atoms with E-state index >= 15 is 0 Å². The van der Waals surface area contributed by atoms with Crippen LogP contribution in [0.5, 0.6) is 5.75 Å². The van der Waals surface area contributed by atoms with Crippen LogP contribution in [0.15, 0.2) is 60.8 Å². The van der Waals surface area contributed by atoms with Gasteiger partial charge in [0.25, 0.3) is 5.91 Å². The van der Waals surface area contributed by atoms with E-state index in [-0.39, 0.29) is 24.5 Å². The summed E-state index contributed by atoms with van der Waals surface area (Å²) in [5, 5.41) is 14.1. The molecule has 4 aromatic rings. The van der Waals surface area contributed by atoms with Gasteiger partial charge in [-0.15, -0.1) is 0 Å². The van der Waals surface area contributed by atoms with E-state index in [4.69, 9.17) is 4.74 Å². The third kappa shape index (κ3) is 3.96. The van der Waals surface area contributed by atoms with Gasteiger partial charge in [-0.3, -0.25) is 4.79 Å². The molecule has 0 saturated carbocycles. The molecular weight excluding hydrogens is 382 g/mol. The van der Waals surface area contributed by atoms with Gasteiger partial charge in [0.1, 0.15) is 17.5 Å². The molecule has 1 amide bonds. The van der Waals surface area contributed by atoms with Gasteiger partial charge < -0.3 is 20.1 Å². The largest absolute Gasteiger partial charge is 0.508 e. The second kappa shape index (κ2) is 8.24. The first-order chi connectivity index (χ1) is 14.5. The van der Waals surface area contributed by atoms with Crippen molar-refractivity contribution < 1.29 is 19.4 Å². The number of hydrogen-bond acceptors (Lipinski definition) is 5. The van der Waals surface area contributed by atoms with E-state index in [1.807, 2.05) is 24.3 Å². The monoisotopic (exact) mass is 403 g/mol. The number of aromatic nitrogens is 2. The summed E-state index contributed by atoms with van der Waals surface area (Å²) >= 11 is 0. The lowest BCUT2D eigenvalue weighted by Crippen LogP contribution is -2.43. The smallest absolute Gasteiger partial charge is 0.328 e. The lowest BCUT2D eigenvalue weighted by Gasteiger charge is -2.17. The Labute approximate surface area is 172 Å². The van der Waals surface area contributed by atoms with Crippen molar-refractivity contribution in [3.63, 3.8) is 0 Å². The van der Waals surface area contributed by atoms with Gasteiger partial charge in [0.2, 0.25) is 0 Å². The number of H-pyrrole nitrogens is 1. The van der Waals surface area contributed by atoms with E-state index in [2.05, 4.69) is 15.3 Å². The van der Waals surface area contributed by atoms with E-state index < -0.39 is 17.9 Å². The molecule has 4 rings (SSSR count). The third-order valence-corrected chi connectivity index (χ3v) is 4.88. The molecule has 0 bridgehead atoms. The summed E-state index contributed by atoms with van der Waals surface area (Å²) in [6, 6.07) is 15.1. The molecule has 0 aliphatic carbocycles. The fourth-order valence-corrected chi connectivity index (χ4v) is 3.41. The molecule has 152 valence electrons. The minimum atomic E-state index is -0.873. The molecule has 0 radical (unpaired) electrons. The molecule has 0 aliphatic rings. The van der Waals surface area contributed by atoms with Crippen LogP contribution in [0.25, 0.3) is 21.8 Å². The van der Waals surface area contributed by atoms with Gasteiger partial charge in [-0.1, -0.05) is 30.3 Å². The number of aromatic amines is 1. The second-order valence-electron chi connectivity index (χ2n) is 6.93. The van der Waals surface area contributed by atoms with Gasteiger partial charge >= 0.3 is 5.97 Å². The van der Waals surface area contributed by atoms with Gasteiger partial charge in [-0.2, -0.15) is 0 Å². The molecule has 2 aromatic carbocycles.